The van der Waals surface area contributed by atoms with Gasteiger partial charge in [0.1, 0.15) is 18.1 Å². The van der Waals surface area contributed by atoms with Crippen molar-refractivity contribution in [2.45, 2.75) is 12.2 Å². The van der Waals surface area contributed by atoms with E-state index in [1.165, 1.54) is 11.8 Å². The summed E-state index contributed by atoms with van der Waals surface area (Å²) in [5, 5.41) is 8.41. The Kier molecular flexibility index (Phi) is 9.21. The van der Waals surface area contributed by atoms with Gasteiger partial charge < -0.3 is 15.0 Å². The second-order valence-corrected chi connectivity index (χ2v) is 11.9. The predicted octanol–water partition coefficient (Wildman–Crippen LogP) is 5.36. The van der Waals surface area contributed by atoms with Gasteiger partial charge in [0.05, 0.1) is 29.5 Å². The fourth-order valence-electron chi connectivity index (χ4n) is 4.95. The van der Waals surface area contributed by atoms with Crippen LogP contribution in [0.25, 0.3) is 16.9 Å². The summed E-state index contributed by atoms with van der Waals surface area (Å²) in [6.45, 7) is 3.07. The van der Waals surface area contributed by atoms with Crippen LogP contribution in [0.4, 0.5) is 5.82 Å². The van der Waals surface area contributed by atoms with Gasteiger partial charge in [0.2, 0.25) is 11.8 Å². The van der Waals surface area contributed by atoms with E-state index in [1.807, 2.05) is 98.7 Å². The molecule has 0 saturated heterocycles. The lowest BCUT2D eigenvalue weighted by Gasteiger charge is -2.24. The molecule has 5 rings (SSSR count). The molecule has 1 unspecified atom stereocenters. The lowest BCUT2D eigenvalue weighted by Crippen LogP contribution is -2.43. The van der Waals surface area contributed by atoms with E-state index >= 15 is 0 Å². The van der Waals surface area contributed by atoms with Crippen molar-refractivity contribution in [3.63, 3.8) is 0 Å². The highest BCUT2D eigenvalue weighted by Crippen LogP contribution is 2.50. The molecule has 2 heterocycles. The molecule has 1 aliphatic rings. The first-order chi connectivity index (χ1) is 20.3. The molecule has 10 heteroatoms. The molecule has 42 heavy (non-hydrogen) atoms. The summed E-state index contributed by atoms with van der Waals surface area (Å²) in [5.74, 6) is 1.06. The average Bonchev–Trinajstić information content (AvgIpc) is 3.30. The number of likely N-dealkylation sites (N-methyl/N-ethyl adjacent to an activating group) is 1. The maximum absolute atomic E-state index is 13.9. The summed E-state index contributed by atoms with van der Waals surface area (Å²) < 4.78 is 7.57. The van der Waals surface area contributed by atoms with Gasteiger partial charge in [-0.05, 0) is 51.4 Å². The molecule has 0 fully saturated rings. The number of ether oxygens (including phenoxy) is 1. The molecule has 1 aliphatic heterocycles. The van der Waals surface area contributed by atoms with Gasteiger partial charge in [0.25, 0.3) is 0 Å². The van der Waals surface area contributed by atoms with Gasteiger partial charge in [-0.1, -0.05) is 59.6 Å². The highest BCUT2D eigenvalue weighted by molar-refractivity contribution is 8.00. The number of nitrogens with one attached hydrogen (secondary N) is 1. The summed E-state index contributed by atoms with van der Waals surface area (Å²) in [5.41, 5.74) is 5.21. The van der Waals surface area contributed by atoms with E-state index in [4.69, 9.17) is 21.4 Å². The van der Waals surface area contributed by atoms with Gasteiger partial charge in [-0.15, -0.1) is 11.8 Å². The number of hydrogen-bond acceptors (Lipinski definition) is 6. The zero-order chi connectivity index (χ0) is 29.8. The van der Waals surface area contributed by atoms with E-state index < -0.39 is 0 Å². The third-order valence-electron chi connectivity index (χ3n) is 7.09. The molecule has 218 valence electrons. The van der Waals surface area contributed by atoms with Crippen molar-refractivity contribution in [1.29, 1.82) is 0 Å². The van der Waals surface area contributed by atoms with Crippen LogP contribution in [0.15, 0.2) is 72.8 Å². The number of para-hydroxylation sites is 1. The van der Waals surface area contributed by atoms with Crippen LogP contribution < -0.4 is 15.0 Å². The number of thioether (sulfide) groups is 1. The fraction of sp³-hybridized carbons (Fsp3) is 0.281. The SMILES string of the molecule is COc1ccccc1C1SCC(=O)N(CC(=O)NCCN(C)C)c2c1c(-c1ccc(Cl)cc1)nn2-c1ccc(C)cc1. The summed E-state index contributed by atoms with van der Waals surface area (Å²) in [6.07, 6.45) is 0. The minimum atomic E-state index is -0.299. The molecule has 1 atom stereocenters. The van der Waals surface area contributed by atoms with Gasteiger partial charge in [-0.2, -0.15) is 5.10 Å². The minimum Gasteiger partial charge on any atom is -0.496 e. The monoisotopic (exact) mass is 603 g/mol. The van der Waals surface area contributed by atoms with Crippen LogP contribution in [-0.4, -0.2) is 73.1 Å². The van der Waals surface area contributed by atoms with Crippen LogP contribution in [0, 0.1) is 6.92 Å². The Balaban J connectivity index is 1.75. The van der Waals surface area contributed by atoms with Crippen LogP contribution in [0.2, 0.25) is 5.02 Å². The molecule has 4 aromatic rings. The Morgan fingerprint density at radius 3 is 2.50 bits per heavy atom. The van der Waals surface area contributed by atoms with Gasteiger partial charge >= 0.3 is 0 Å². The molecule has 2 amide bonds. The Labute approximate surface area is 255 Å². The topological polar surface area (TPSA) is 79.7 Å². The third-order valence-corrected chi connectivity index (χ3v) is 8.58. The van der Waals surface area contributed by atoms with Gasteiger partial charge in [-0.3, -0.25) is 14.5 Å². The highest BCUT2D eigenvalue weighted by Gasteiger charge is 2.38. The molecule has 8 nitrogen and oxygen atoms in total. The molecular formula is C32H34ClN5O3S. The summed E-state index contributed by atoms with van der Waals surface area (Å²) in [7, 11) is 5.54. The third kappa shape index (κ3) is 6.33. The number of benzene rings is 3. The van der Waals surface area contributed by atoms with Crippen molar-refractivity contribution in [3.8, 4) is 22.7 Å². The largest absolute Gasteiger partial charge is 0.496 e. The van der Waals surface area contributed by atoms with Crippen LogP contribution in [0.3, 0.4) is 0 Å². The average molecular weight is 604 g/mol. The maximum atomic E-state index is 13.9. The van der Waals surface area contributed by atoms with Crippen molar-refractivity contribution in [3.05, 3.63) is 94.5 Å². The van der Waals surface area contributed by atoms with Crippen molar-refractivity contribution >= 4 is 41.0 Å². The Bertz CT molecular complexity index is 1570. The predicted molar refractivity (Wildman–Crippen MR) is 170 cm³/mol. The molecule has 0 radical (unpaired) electrons. The lowest BCUT2D eigenvalue weighted by molar-refractivity contribution is -0.122. The molecular weight excluding hydrogens is 570 g/mol. The van der Waals surface area contributed by atoms with E-state index in [0.29, 0.717) is 35.4 Å². The molecule has 3 aromatic carbocycles. The van der Waals surface area contributed by atoms with E-state index in [-0.39, 0.29) is 29.4 Å². The number of aromatic nitrogens is 2. The Morgan fingerprint density at radius 2 is 1.81 bits per heavy atom. The number of carbonyl (C=O) groups is 2. The summed E-state index contributed by atoms with van der Waals surface area (Å²) in [4.78, 5) is 30.7. The number of nitrogens with zero attached hydrogens (tertiary/aromatic N) is 4. The quantitative estimate of drug-likeness (QED) is 0.278. The van der Waals surface area contributed by atoms with Crippen LogP contribution in [-0.2, 0) is 9.59 Å². The van der Waals surface area contributed by atoms with Gasteiger partial charge in [-0.25, -0.2) is 4.68 Å². The normalized spacial score (nSPS) is 15.0. The highest BCUT2D eigenvalue weighted by atomic mass is 35.5. The zero-order valence-corrected chi connectivity index (χ0v) is 25.7. The van der Waals surface area contributed by atoms with Gasteiger partial charge in [0.15, 0.2) is 0 Å². The number of fused-ring (bicyclic) bond motifs is 1. The fourth-order valence-corrected chi connectivity index (χ4v) is 6.30. The van der Waals surface area contributed by atoms with Crippen molar-refractivity contribution in [2.24, 2.45) is 0 Å². The van der Waals surface area contributed by atoms with Crippen LogP contribution in [0.5, 0.6) is 5.75 Å². The summed E-state index contributed by atoms with van der Waals surface area (Å²) in [6, 6.07) is 23.3. The standard InChI is InChI=1S/C32H34ClN5O3S/c1-21-9-15-24(16-10-21)38-32-29(30(35-38)22-11-13-23(33)14-12-22)31(25-7-5-6-8-26(25)41-4)42-20-28(40)37(32)19-27(39)34-17-18-36(2)3/h5-16,31H,17-20H2,1-4H3,(H,34,39). The van der Waals surface area contributed by atoms with E-state index in [0.717, 1.165) is 27.9 Å². The lowest BCUT2D eigenvalue weighted by atomic mass is 9.99. The number of aryl methyl sites for hydroxylation is 1. The smallest absolute Gasteiger partial charge is 0.240 e. The van der Waals surface area contributed by atoms with Crippen molar-refractivity contribution < 1.29 is 14.3 Å². The molecule has 1 aromatic heterocycles. The number of anilines is 1. The number of methoxy groups -OCH3 is 1. The number of carbonyl (C=O) groups excluding carboxylic acids is 2. The number of rotatable bonds is 9. The molecule has 0 spiro atoms. The Morgan fingerprint density at radius 1 is 1.10 bits per heavy atom. The maximum Gasteiger partial charge on any atom is 0.240 e. The van der Waals surface area contributed by atoms with E-state index in [2.05, 4.69) is 5.32 Å². The van der Waals surface area contributed by atoms with Crippen molar-refractivity contribution in [1.82, 2.24) is 20.0 Å². The molecule has 1 N–H and O–H groups in total. The zero-order valence-electron chi connectivity index (χ0n) is 24.1. The number of amides is 2. The first-order valence-corrected chi connectivity index (χ1v) is 15.1. The first-order valence-electron chi connectivity index (χ1n) is 13.7. The molecule has 0 bridgehead atoms. The van der Waals surface area contributed by atoms with Crippen LogP contribution >= 0.6 is 23.4 Å². The Hall–Kier alpha value is -3.79. The summed E-state index contributed by atoms with van der Waals surface area (Å²) >= 11 is 7.77. The van der Waals surface area contributed by atoms with Crippen molar-refractivity contribution in [2.75, 3.05) is 51.5 Å². The number of halogens is 1. The molecule has 0 aliphatic carbocycles. The van der Waals surface area contributed by atoms with E-state index in [1.54, 1.807) is 16.7 Å². The molecule has 0 saturated carbocycles. The second kappa shape index (κ2) is 13.0. The number of hydrogen-bond donors (Lipinski definition) is 1. The van der Waals surface area contributed by atoms with Gasteiger partial charge in [0, 0.05) is 34.8 Å². The van der Waals surface area contributed by atoms with E-state index in [9.17, 15) is 9.59 Å². The van der Waals surface area contributed by atoms with Crippen LogP contribution in [0.1, 0.15) is 21.9 Å². The second-order valence-electron chi connectivity index (χ2n) is 10.4. The minimum absolute atomic E-state index is 0.129. The first kappa shape index (κ1) is 29.7.